The molecule has 0 radical (unpaired) electrons. The number of carboxylic acids is 1. The molecule has 2 rings (SSSR count). The summed E-state index contributed by atoms with van der Waals surface area (Å²) in [6.07, 6.45) is 0.508. The van der Waals surface area contributed by atoms with Crippen molar-refractivity contribution in [2.75, 3.05) is 0 Å². The van der Waals surface area contributed by atoms with Crippen LogP contribution < -0.4 is 0 Å². The molecular weight excluding hydrogens is 293 g/mol. The van der Waals surface area contributed by atoms with E-state index < -0.39 is 5.97 Å². The van der Waals surface area contributed by atoms with Gasteiger partial charge in [0.1, 0.15) is 5.01 Å². The maximum Gasteiger partial charge on any atom is 0.303 e. The lowest BCUT2D eigenvalue weighted by Crippen LogP contribution is -1.97. The number of rotatable bonds is 4. The molecule has 0 fully saturated rings. The summed E-state index contributed by atoms with van der Waals surface area (Å²) in [6, 6.07) is 5.22. The van der Waals surface area contributed by atoms with Gasteiger partial charge in [-0.2, -0.15) is 0 Å². The van der Waals surface area contributed by atoms with Crippen LogP contribution in [0.4, 0.5) is 0 Å². The molecule has 0 atom stereocenters. The summed E-state index contributed by atoms with van der Waals surface area (Å²) in [7, 11) is 0. The van der Waals surface area contributed by atoms with Gasteiger partial charge in [0.2, 0.25) is 0 Å². The molecule has 0 bridgehead atoms. The number of benzene rings is 1. The van der Waals surface area contributed by atoms with E-state index in [9.17, 15) is 4.79 Å². The summed E-state index contributed by atoms with van der Waals surface area (Å²) in [4.78, 5) is 14.9. The first-order valence-electron chi connectivity index (χ1n) is 5.18. The maximum atomic E-state index is 10.5. The van der Waals surface area contributed by atoms with E-state index in [1.54, 1.807) is 12.1 Å². The molecule has 0 amide bonds. The molecule has 94 valence electrons. The van der Waals surface area contributed by atoms with Gasteiger partial charge in [0.15, 0.2) is 0 Å². The van der Waals surface area contributed by atoms with E-state index in [1.807, 2.05) is 11.4 Å². The highest BCUT2D eigenvalue weighted by Crippen LogP contribution is 2.32. The van der Waals surface area contributed by atoms with Crippen LogP contribution in [0.25, 0.3) is 10.6 Å². The Morgan fingerprint density at radius 2 is 2.17 bits per heavy atom. The van der Waals surface area contributed by atoms with Crippen molar-refractivity contribution in [3.8, 4) is 10.6 Å². The molecule has 1 aromatic heterocycles. The number of aromatic nitrogens is 1. The van der Waals surface area contributed by atoms with Crippen LogP contribution in [0.15, 0.2) is 23.6 Å². The predicted octanol–water partition coefficient (Wildman–Crippen LogP) is 4.13. The molecule has 0 unspecified atom stereocenters. The molecule has 0 saturated heterocycles. The van der Waals surface area contributed by atoms with Crippen LogP contribution in [0.1, 0.15) is 12.1 Å². The van der Waals surface area contributed by atoms with Crippen molar-refractivity contribution in [3.05, 3.63) is 39.3 Å². The first kappa shape index (κ1) is 13.3. The second-order valence-corrected chi connectivity index (χ2v) is 5.36. The number of hydrogen-bond donors (Lipinski definition) is 1. The minimum atomic E-state index is -0.825. The van der Waals surface area contributed by atoms with Crippen molar-refractivity contribution >= 4 is 40.5 Å². The fourth-order valence-corrected chi connectivity index (χ4v) is 2.89. The number of aliphatic carboxylic acids is 1. The monoisotopic (exact) mass is 301 g/mol. The van der Waals surface area contributed by atoms with Crippen molar-refractivity contribution in [3.63, 3.8) is 0 Å². The molecule has 0 saturated carbocycles. The number of carbonyl (C=O) groups is 1. The Labute approximate surface area is 118 Å². The zero-order valence-electron chi connectivity index (χ0n) is 9.19. The van der Waals surface area contributed by atoms with E-state index in [0.717, 1.165) is 16.3 Å². The predicted molar refractivity (Wildman–Crippen MR) is 73.5 cm³/mol. The van der Waals surface area contributed by atoms with Crippen molar-refractivity contribution in [1.82, 2.24) is 4.98 Å². The summed E-state index contributed by atoms with van der Waals surface area (Å²) in [5.41, 5.74) is 1.58. The van der Waals surface area contributed by atoms with Crippen molar-refractivity contribution in [2.24, 2.45) is 0 Å². The molecule has 1 aromatic carbocycles. The van der Waals surface area contributed by atoms with Gasteiger partial charge >= 0.3 is 5.97 Å². The molecule has 1 N–H and O–H groups in total. The lowest BCUT2D eigenvalue weighted by molar-refractivity contribution is -0.136. The average molecular weight is 302 g/mol. The normalized spacial score (nSPS) is 10.6. The smallest absolute Gasteiger partial charge is 0.303 e. The molecule has 0 aliphatic rings. The molecule has 18 heavy (non-hydrogen) atoms. The van der Waals surface area contributed by atoms with Crippen LogP contribution in [0.5, 0.6) is 0 Å². The van der Waals surface area contributed by atoms with Gasteiger partial charge in [0.25, 0.3) is 0 Å². The summed E-state index contributed by atoms with van der Waals surface area (Å²) < 4.78 is 0. The minimum absolute atomic E-state index is 0.0809. The highest BCUT2D eigenvalue weighted by molar-refractivity contribution is 7.13. The number of hydrogen-bond acceptors (Lipinski definition) is 3. The SMILES string of the molecule is O=C(O)CCc1csc(-c2ccc(Cl)cc2Cl)n1. The Morgan fingerprint density at radius 1 is 1.39 bits per heavy atom. The molecule has 0 aliphatic heterocycles. The maximum absolute atomic E-state index is 10.5. The lowest BCUT2D eigenvalue weighted by Gasteiger charge is -2.00. The molecule has 3 nitrogen and oxygen atoms in total. The summed E-state index contributed by atoms with van der Waals surface area (Å²) in [6.45, 7) is 0. The van der Waals surface area contributed by atoms with E-state index in [2.05, 4.69) is 4.98 Å². The second-order valence-electron chi connectivity index (χ2n) is 3.66. The van der Waals surface area contributed by atoms with Gasteiger partial charge in [-0.05, 0) is 18.2 Å². The van der Waals surface area contributed by atoms with Crippen LogP contribution in [0.3, 0.4) is 0 Å². The quantitative estimate of drug-likeness (QED) is 0.923. The van der Waals surface area contributed by atoms with Gasteiger partial charge in [-0.25, -0.2) is 4.98 Å². The van der Waals surface area contributed by atoms with Gasteiger partial charge in [-0.3, -0.25) is 4.79 Å². The van der Waals surface area contributed by atoms with E-state index in [-0.39, 0.29) is 6.42 Å². The Balaban J connectivity index is 2.21. The van der Waals surface area contributed by atoms with E-state index in [4.69, 9.17) is 28.3 Å². The third kappa shape index (κ3) is 3.22. The van der Waals surface area contributed by atoms with Gasteiger partial charge < -0.3 is 5.11 Å². The van der Waals surface area contributed by atoms with Crippen LogP contribution >= 0.6 is 34.5 Å². The highest BCUT2D eigenvalue weighted by Gasteiger charge is 2.09. The largest absolute Gasteiger partial charge is 0.481 e. The Hall–Kier alpha value is -1.10. The van der Waals surface area contributed by atoms with Gasteiger partial charge in [-0.1, -0.05) is 23.2 Å². The van der Waals surface area contributed by atoms with E-state index in [0.29, 0.717) is 16.5 Å². The first-order chi connectivity index (χ1) is 8.56. The van der Waals surface area contributed by atoms with Crippen LogP contribution in [0, 0.1) is 0 Å². The molecule has 6 heteroatoms. The van der Waals surface area contributed by atoms with Crippen molar-refractivity contribution in [2.45, 2.75) is 12.8 Å². The third-order valence-corrected chi connectivity index (χ3v) is 3.78. The van der Waals surface area contributed by atoms with E-state index in [1.165, 1.54) is 11.3 Å². The summed E-state index contributed by atoms with van der Waals surface area (Å²) >= 11 is 13.4. The van der Waals surface area contributed by atoms with Gasteiger partial charge in [0.05, 0.1) is 17.1 Å². The van der Waals surface area contributed by atoms with E-state index >= 15 is 0 Å². The topological polar surface area (TPSA) is 50.2 Å². The fourth-order valence-electron chi connectivity index (χ4n) is 1.44. The molecular formula is C12H9Cl2NO2S. The Morgan fingerprint density at radius 3 is 2.83 bits per heavy atom. The van der Waals surface area contributed by atoms with Crippen LogP contribution in [0.2, 0.25) is 10.0 Å². The van der Waals surface area contributed by atoms with Crippen LogP contribution in [-0.4, -0.2) is 16.1 Å². The minimum Gasteiger partial charge on any atom is -0.481 e. The van der Waals surface area contributed by atoms with Crippen molar-refractivity contribution < 1.29 is 9.90 Å². The average Bonchev–Trinajstić information content (AvgIpc) is 2.75. The molecule has 0 spiro atoms. The standard InChI is InChI=1S/C12H9Cl2NO2S/c13-7-1-3-9(10(14)5-7)12-15-8(6-18-12)2-4-11(16)17/h1,3,5-6H,2,4H2,(H,16,17). The second kappa shape index (κ2) is 5.69. The summed E-state index contributed by atoms with van der Waals surface area (Å²) in [5, 5.41) is 12.4. The zero-order chi connectivity index (χ0) is 13.1. The Kier molecular flexibility index (Phi) is 4.22. The van der Waals surface area contributed by atoms with Gasteiger partial charge in [0, 0.05) is 22.4 Å². The third-order valence-electron chi connectivity index (χ3n) is 2.31. The lowest BCUT2D eigenvalue weighted by atomic mass is 10.2. The zero-order valence-corrected chi connectivity index (χ0v) is 11.5. The highest BCUT2D eigenvalue weighted by atomic mass is 35.5. The van der Waals surface area contributed by atoms with Gasteiger partial charge in [-0.15, -0.1) is 11.3 Å². The molecule has 0 aliphatic carbocycles. The van der Waals surface area contributed by atoms with Crippen molar-refractivity contribution in [1.29, 1.82) is 0 Å². The molecule has 2 aromatic rings. The fraction of sp³-hybridized carbons (Fsp3) is 0.167. The number of nitrogens with zero attached hydrogens (tertiary/aromatic N) is 1. The molecule has 1 heterocycles. The number of halogens is 2. The number of carboxylic acid groups (broad SMARTS) is 1. The summed E-state index contributed by atoms with van der Waals surface area (Å²) in [5.74, 6) is -0.825. The first-order valence-corrected chi connectivity index (χ1v) is 6.81. The Bertz CT molecular complexity index is 583. The number of aryl methyl sites for hydroxylation is 1. The van der Waals surface area contributed by atoms with Crippen LogP contribution in [-0.2, 0) is 11.2 Å². The number of thiazole rings is 1.